The van der Waals surface area contributed by atoms with Crippen molar-refractivity contribution in [2.45, 2.75) is 38.5 Å². The summed E-state index contributed by atoms with van der Waals surface area (Å²) in [5, 5.41) is 8.72. The Kier molecular flexibility index (Phi) is 4.96. The molecule has 29 heavy (non-hydrogen) atoms. The van der Waals surface area contributed by atoms with Gasteiger partial charge in [-0.1, -0.05) is 37.1 Å². The molecule has 1 aromatic heterocycles. The predicted octanol–water partition coefficient (Wildman–Crippen LogP) is 4.57. The van der Waals surface area contributed by atoms with Crippen LogP contribution in [0, 0.1) is 0 Å². The number of hydrogen-bond donors (Lipinski definition) is 1. The second-order valence-corrected chi connectivity index (χ2v) is 8.25. The molecule has 0 saturated carbocycles. The third kappa shape index (κ3) is 3.50. The molecule has 0 bridgehead atoms. The fourth-order valence-corrected chi connectivity index (χ4v) is 4.80. The summed E-state index contributed by atoms with van der Waals surface area (Å²) < 4.78 is 0. The highest BCUT2D eigenvalue weighted by molar-refractivity contribution is 5.95. The minimum absolute atomic E-state index is 0.134. The van der Waals surface area contributed by atoms with Crippen LogP contribution in [0.15, 0.2) is 47.3 Å². The number of nitrogens with zero attached hydrogens (tertiary/aromatic N) is 3. The number of hydrogen-bond acceptors (Lipinski definition) is 4. The van der Waals surface area contributed by atoms with Gasteiger partial charge in [-0.05, 0) is 43.9 Å². The molecule has 0 atom stereocenters. The first kappa shape index (κ1) is 18.2. The van der Waals surface area contributed by atoms with E-state index in [-0.39, 0.29) is 5.56 Å². The summed E-state index contributed by atoms with van der Waals surface area (Å²) in [6.45, 7) is 4.51. The molecule has 2 aliphatic rings. The summed E-state index contributed by atoms with van der Waals surface area (Å²) in [5.41, 5.74) is 4.46. The Balaban J connectivity index is 1.63. The molecule has 3 aromatic rings. The van der Waals surface area contributed by atoms with Crippen molar-refractivity contribution in [2.75, 3.05) is 36.0 Å². The second-order valence-electron chi connectivity index (χ2n) is 8.25. The molecule has 3 heterocycles. The van der Waals surface area contributed by atoms with Crippen molar-refractivity contribution in [1.82, 2.24) is 10.2 Å². The van der Waals surface area contributed by atoms with Crippen LogP contribution in [0.2, 0.25) is 0 Å². The first-order valence-electron chi connectivity index (χ1n) is 10.9. The van der Waals surface area contributed by atoms with Gasteiger partial charge in [0.15, 0.2) is 0 Å². The standard InChI is InChI=1S/C24H28N4O/c29-24-20-10-4-3-9-19(20)23(25-26-24)18-11-12-21(27-13-5-1-2-6-14-27)22(17-18)28-15-7-8-16-28/h3-4,9-12,17H,1-2,5-8,13-16H2,(H,26,29). The van der Waals surface area contributed by atoms with Crippen molar-refractivity contribution in [3.63, 3.8) is 0 Å². The van der Waals surface area contributed by atoms with Crippen molar-refractivity contribution >= 4 is 22.1 Å². The summed E-state index contributed by atoms with van der Waals surface area (Å²) in [6, 6.07) is 14.5. The van der Waals surface area contributed by atoms with Crippen LogP contribution in [0.1, 0.15) is 38.5 Å². The Labute approximate surface area is 171 Å². The highest BCUT2D eigenvalue weighted by Gasteiger charge is 2.21. The normalized spacial score (nSPS) is 17.7. The Morgan fingerprint density at radius 1 is 0.724 bits per heavy atom. The zero-order chi connectivity index (χ0) is 19.6. The number of fused-ring (bicyclic) bond motifs is 1. The summed E-state index contributed by atoms with van der Waals surface area (Å²) in [6.07, 6.45) is 7.72. The van der Waals surface area contributed by atoms with Gasteiger partial charge in [-0.2, -0.15) is 5.10 Å². The SMILES string of the molecule is O=c1[nH]nc(-c2ccc(N3CCCCCC3)c(N3CCCC3)c2)c2ccccc12. The van der Waals surface area contributed by atoms with Crippen LogP contribution in [-0.4, -0.2) is 36.4 Å². The molecule has 0 unspecified atom stereocenters. The van der Waals surface area contributed by atoms with Crippen LogP contribution in [0.25, 0.3) is 22.0 Å². The largest absolute Gasteiger partial charge is 0.370 e. The van der Waals surface area contributed by atoms with Gasteiger partial charge in [-0.15, -0.1) is 0 Å². The molecule has 2 aromatic carbocycles. The fraction of sp³-hybridized carbons (Fsp3) is 0.417. The third-order valence-corrected chi connectivity index (χ3v) is 6.34. The lowest BCUT2D eigenvalue weighted by molar-refractivity contribution is 0.726. The van der Waals surface area contributed by atoms with Gasteiger partial charge in [0.05, 0.1) is 22.5 Å². The fourth-order valence-electron chi connectivity index (χ4n) is 4.80. The molecule has 0 radical (unpaired) electrons. The first-order chi connectivity index (χ1) is 14.3. The second kappa shape index (κ2) is 7.90. The van der Waals surface area contributed by atoms with Crippen molar-refractivity contribution < 1.29 is 0 Å². The molecular formula is C24H28N4O. The molecule has 0 amide bonds. The predicted molar refractivity (Wildman–Crippen MR) is 120 cm³/mol. The maximum Gasteiger partial charge on any atom is 0.272 e. The smallest absolute Gasteiger partial charge is 0.272 e. The van der Waals surface area contributed by atoms with Gasteiger partial charge in [0, 0.05) is 37.1 Å². The van der Waals surface area contributed by atoms with Gasteiger partial charge in [-0.25, -0.2) is 5.10 Å². The zero-order valence-corrected chi connectivity index (χ0v) is 16.9. The molecule has 150 valence electrons. The number of nitrogens with one attached hydrogen (secondary N) is 1. The van der Waals surface area contributed by atoms with E-state index < -0.39 is 0 Å². The van der Waals surface area contributed by atoms with E-state index in [1.165, 1.54) is 49.9 Å². The maximum absolute atomic E-state index is 12.2. The number of aromatic nitrogens is 2. The molecule has 2 fully saturated rings. The molecule has 5 rings (SSSR count). The Morgan fingerprint density at radius 2 is 1.34 bits per heavy atom. The Bertz CT molecular complexity index is 1060. The first-order valence-corrected chi connectivity index (χ1v) is 10.9. The van der Waals surface area contributed by atoms with Crippen LogP contribution >= 0.6 is 0 Å². The molecule has 1 N–H and O–H groups in total. The van der Waals surface area contributed by atoms with Gasteiger partial charge in [0.1, 0.15) is 0 Å². The van der Waals surface area contributed by atoms with E-state index in [1.54, 1.807) is 0 Å². The number of H-pyrrole nitrogens is 1. The van der Waals surface area contributed by atoms with Crippen LogP contribution in [0.3, 0.4) is 0 Å². The van der Waals surface area contributed by atoms with Gasteiger partial charge in [-0.3, -0.25) is 4.79 Å². The zero-order valence-electron chi connectivity index (χ0n) is 16.9. The average molecular weight is 389 g/mol. The lowest BCUT2D eigenvalue weighted by Crippen LogP contribution is -2.28. The van der Waals surface area contributed by atoms with Crippen molar-refractivity contribution in [3.8, 4) is 11.3 Å². The Hall–Kier alpha value is -2.82. The van der Waals surface area contributed by atoms with Gasteiger partial charge >= 0.3 is 0 Å². The maximum atomic E-state index is 12.2. The van der Waals surface area contributed by atoms with Gasteiger partial charge in [0.2, 0.25) is 0 Å². The van der Waals surface area contributed by atoms with Crippen molar-refractivity contribution in [1.29, 1.82) is 0 Å². The van der Waals surface area contributed by atoms with Crippen molar-refractivity contribution in [3.05, 3.63) is 52.8 Å². The van der Waals surface area contributed by atoms with Crippen LogP contribution in [-0.2, 0) is 0 Å². The quantitative estimate of drug-likeness (QED) is 0.714. The van der Waals surface area contributed by atoms with E-state index in [2.05, 4.69) is 38.2 Å². The minimum Gasteiger partial charge on any atom is -0.370 e. The lowest BCUT2D eigenvalue weighted by atomic mass is 10.0. The van der Waals surface area contributed by atoms with E-state index in [4.69, 9.17) is 0 Å². The molecule has 0 spiro atoms. The number of benzene rings is 2. The number of anilines is 2. The van der Waals surface area contributed by atoms with E-state index in [0.717, 1.165) is 42.8 Å². The molecule has 5 nitrogen and oxygen atoms in total. The van der Waals surface area contributed by atoms with Crippen LogP contribution < -0.4 is 15.4 Å². The molecule has 2 aliphatic heterocycles. The number of aromatic amines is 1. The van der Waals surface area contributed by atoms with Gasteiger partial charge < -0.3 is 9.80 Å². The van der Waals surface area contributed by atoms with Gasteiger partial charge in [0.25, 0.3) is 5.56 Å². The highest BCUT2D eigenvalue weighted by Crippen LogP contribution is 2.37. The topological polar surface area (TPSA) is 52.2 Å². The lowest BCUT2D eigenvalue weighted by Gasteiger charge is -2.30. The Morgan fingerprint density at radius 3 is 2.07 bits per heavy atom. The van der Waals surface area contributed by atoms with Crippen LogP contribution in [0.5, 0.6) is 0 Å². The number of rotatable bonds is 3. The van der Waals surface area contributed by atoms with E-state index >= 15 is 0 Å². The third-order valence-electron chi connectivity index (χ3n) is 6.34. The summed E-state index contributed by atoms with van der Waals surface area (Å²) in [7, 11) is 0. The van der Waals surface area contributed by atoms with E-state index in [0.29, 0.717) is 5.39 Å². The van der Waals surface area contributed by atoms with E-state index in [9.17, 15) is 4.79 Å². The molecule has 2 saturated heterocycles. The molecule has 0 aliphatic carbocycles. The van der Waals surface area contributed by atoms with E-state index in [1.807, 2.05) is 24.3 Å². The highest BCUT2D eigenvalue weighted by atomic mass is 16.1. The molecule has 5 heteroatoms. The summed E-state index contributed by atoms with van der Waals surface area (Å²) in [5.74, 6) is 0. The summed E-state index contributed by atoms with van der Waals surface area (Å²) in [4.78, 5) is 17.3. The monoisotopic (exact) mass is 388 g/mol. The average Bonchev–Trinajstić information content (AvgIpc) is 3.17. The minimum atomic E-state index is -0.134. The van der Waals surface area contributed by atoms with Crippen molar-refractivity contribution in [2.24, 2.45) is 0 Å². The van der Waals surface area contributed by atoms with Crippen LogP contribution in [0.4, 0.5) is 11.4 Å². The molecular weight excluding hydrogens is 360 g/mol. The summed E-state index contributed by atoms with van der Waals surface area (Å²) >= 11 is 0.